The molecule has 0 aliphatic carbocycles. The van der Waals surface area contributed by atoms with Crippen LogP contribution in [0.3, 0.4) is 0 Å². The first-order valence-electron chi connectivity index (χ1n) is 7.20. The highest BCUT2D eigenvalue weighted by Gasteiger charge is 2.07. The number of hydrogen-bond donors (Lipinski definition) is 1. The van der Waals surface area contributed by atoms with Gasteiger partial charge in [0, 0.05) is 24.4 Å². The van der Waals surface area contributed by atoms with Crippen LogP contribution in [0.15, 0.2) is 54.7 Å². The SMILES string of the molecule is Cc1cnc(F)cc1-c1cccc(NCc2cccc(F)c2)n1. The highest BCUT2D eigenvalue weighted by molar-refractivity contribution is 5.64. The van der Waals surface area contributed by atoms with Gasteiger partial charge in [0.1, 0.15) is 11.6 Å². The van der Waals surface area contributed by atoms with Crippen LogP contribution in [0.4, 0.5) is 14.6 Å². The molecule has 23 heavy (non-hydrogen) atoms. The first-order chi connectivity index (χ1) is 11.1. The predicted molar refractivity (Wildman–Crippen MR) is 85.9 cm³/mol. The minimum Gasteiger partial charge on any atom is -0.366 e. The van der Waals surface area contributed by atoms with Crippen LogP contribution in [0.1, 0.15) is 11.1 Å². The quantitative estimate of drug-likeness (QED) is 0.728. The van der Waals surface area contributed by atoms with Gasteiger partial charge < -0.3 is 5.32 Å². The molecular weight excluding hydrogens is 296 g/mol. The van der Waals surface area contributed by atoms with Gasteiger partial charge in [-0.2, -0.15) is 4.39 Å². The summed E-state index contributed by atoms with van der Waals surface area (Å²) < 4.78 is 26.5. The summed E-state index contributed by atoms with van der Waals surface area (Å²) in [5.74, 6) is -0.164. The van der Waals surface area contributed by atoms with Crippen molar-refractivity contribution < 1.29 is 8.78 Å². The summed E-state index contributed by atoms with van der Waals surface area (Å²) in [6.45, 7) is 2.31. The normalized spacial score (nSPS) is 10.6. The highest BCUT2D eigenvalue weighted by Crippen LogP contribution is 2.22. The van der Waals surface area contributed by atoms with Gasteiger partial charge in [-0.3, -0.25) is 0 Å². The average Bonchev–Trinajstić information content (AvgIpc) is 2.55. The lowest BCUT2D eigenvalue weighted by molar-refractivity contribution is 0.583. The number of nitrogens with zero attached hydrogens (tertiary/aromatic N) is 2. The van der Waals surface area contributed by atoms with Gasteiger partial charge in [0.05, 0.1) is 5.69 Å². The van der Waals surface area contributed by atoms with Gasteiger partial charge in [0.15, 0.2) is 0 Å². The molecular formula is C18H15F2N3. The zero-order chi connectivity index (χ0) is 16.2. The second-order valence-electron chi connectivity index (χ2n) is 5.21. The standard InChI is InChI=1S/C18H15F2N3/c1-12-10-21-17(20)9-15(12)16-6-3-7-18(23-16)22-11-13-4-2-5-14(19)8-13/h2-10H,11H2,1H3,(H,22,23). The van der Waals surface area contributed by atoms with E-state index in [2.05, 4.69) is 15.3 Å². The lowest BCUT2D eigenvalue weighted by Gasteiger charge is -2.09. The van der Waals surface area contributed by atoms with Crippen molar-refractivity contribution in [2.24, 2.45) is 0 Å². The van der Waals surface area contributed by atoms with E-state index in [4.69, 9.17) is 0 Å². The Labute approximate surface area is 133 Å². The fraction of sp³-hybridized carbons (Fsp3) is 0.111. The van der Waals surface area contributed by atoms with Crippen molar-refractivity contribution in [3.63, 3.8) is 0 Å². The zero-order valence-electron chi connectivity index (χ0n) is 12.6. The van der Waals surface area contributed by atoms with Gasteiger partial charge in [0.25, 0.3) is 0 Å². The van der Waals surface area contributed by atoms with Crippen LogP contribution in [0.5, 0.6) is 0 Å². The van der Waals surface area contributed by atoms with Crippen LogP contribution in [0.2, 0.25) is 0 Å². The number of rotatable bonds is 4. The van der Waals surface area contributed by atoms with Crippen molar-refractivity contribution in [1.29, 1.82) is 0 Å². The van der Waals surface area contributed by atoms with Gasteiger partial charge in [-0.05, 0) is 42.3 Å². The maximum absolute atomic E-state index is 13.4. The monoisotopic (exact) mass is 311 g/mol. The number of aryl methyl sites for hydroxylation is 1. The molecule has 0 atom stereocenters. The Morgan fingerprint density at radius 3 is 2.70 bits per heavy atom. The Morgan fingerprint density at radius 2 is 1.87 bits per heavy atom. The minimum atomic E-state index is -0.537. The van der Waals surface area contributed by atoms with E-state index in [1.807, 2.05) is 31.2 Å². The Bertz CT molecular complexity index is 834. The molecule has 0 saturated heterocycles. The molecule has 3 nitrogen and oxygen atoms in total. The lowest BCUT2D eigenvalue weighted by Crippen LogP contribution is -2.02. The molecule has 116 valence electrons. The lowest BCUT2D eigenvalue weighted by atomic mass is 10.1. The van der Waals surface area contributed by atoms with E-state index in [0.717, 1.165) is 11.1 Å². The molecule has 1 aromatic carbocycles. The van der Waals surface area contributed by atoms with E-state index in [1.165, 1.54) is 24.4 Å². The molecule has 0 aliphatic rings. The van der Waals surface area contributed by atoms with Gasteiger partial charge in [-0.15, -0.1) is 0 Å². The average molecular weight is 311 g/mol. The molecule has 0 spiro atoms. The van der Waals surface area contributed by atoms with Crippen molar-refractivity contribution in [2.45, 2.75) is 13.5 Å². The third-order valence-corrected chi connectivity index (χ3v) is 3.46. The first kappa shape index (κ1) is 15.1. The summed E-state index contributed by atoms with van der Waals surface area (Å²) in [7, 11) is 0. The molecule has 3 rings (SSSR count). The Kier molecular flexibility index (Phi) is 4.28. The van der Waals surface area contributed by atoms with Crippen molar-refractivity contribution in [2.75, 3.05) is 5.32 Å². The Balaban J connectivity index is 1.81. The van der Waals surface area contributed by atoms with Crippen LogP contribution >= 0.6 is 0 Å². The molecule has 2 aromatic heterocycles. The van der Waals surface area contributed by atoms with E-state index in [9.17, 15) is 8.78 Å². The maximum Gasteiger partial charge on any atom is 0.213 e. The molecule has 0 unspecified atom stereocenters. The third-order valence-electron chi connectivity index (χ3n) is 3.46. The number of nitrogens with one attached hydrogen (secondary N) is 1. The molecule has 0 radical (unpaired) electrons. The summed E-state index contributed by atoms with van der Waals surface area (Å²) >= 11 is 0. The summed E-state index contributed by atoms with van der Waals surface area (Å²) in [6, 6.07) is 13.2. The van der Waals surface area contributed by atoms with Crippen LogP contribution in [0.25, 0.3) is 11.3 Å². The van der Waals surface area contributed by atoms with Crippen molar-refractivity contribution in [1.82, 2.24) is 9.97 Å². The number of hydrogen-bond acceptors (Lipinski definition) is 3. The second kappa shape index (κ2) is 6.52. The van der Waals surface area contributed by atoms with Crippen LogP contribution < -0.4 is 5.32 Å². The van der Waals surface area contributed by atoms with Crippen molar-refractivity contribution in [3.8, 4) is 11.3 Å². The van der Waals surface area contributed by atoms with Crippen molar-refractivity contribution >= 4 is 5.82 Å². The molecule has 0 amide bonds. The molecule has 0 aliphatic heterocycles. The third kappa shape index (κ3) is 3.69. The number of halogens is 2. The molecule has 5 heteroatoms. The van der Waals surface area contributed by atoms with E-state index in [1.54, 1.807) is 6.07 Å². The maximum atomic E-state index is 13.4. The molecule has 1 N–H and O–H groups in total. The molecule has 3 aromatic rings. The second-order valence-corrected chi connectivity index (χ2v) is 5.21. The smallest absolute Gasteiger partial charge is 0.213 e. The number of aromatic nitrogens is 2. The van der Waals surface area contributed by atoms with Gasteiger partial charge in [0.2, 0.25) is 5.95 Å². The number of pyridine rings is 2. The number of anilines is 1. The Hall–Kier alpha value is -2.82. The predicted octanol–water partition coefficient (Wildman–Crippen LogP) is 4.34. The minimum absolute atomic E-state index is 0.270. The molecule has 2 heterocycles. The van der Waals surface area contributed by atoms with Crippen LogP contribution in [0, 0.1) is 18.7 Å². The fourth-order valence-corrected chi connectivity index (χ4v) is 2.30. The molecule has 0 fully saturated rings. The summed E-state index contributed by atoms with van der Waals surface area (Å²) in [5, 5.41) is 3.15. The summed E-state index contributed by atoms with van der Waals surface area (Å²) in [4.78, 5) is 8.11. The molecule has 0 saturated carbocycles. The highest BCUT2D eigenvalue weighted by atomic mass is 19.1. The van der Waals surface area contributed by atoms with Crippen LogP contribution in [-0.4, -0.2) is 9.97 Å². The Morgan fingerprint density at radius 1 is 1.04 bits per heavy atom. The summed E-state index contributed by atoms with van der Waals surface area (Å²) in [6.07, 6.45) is 1.49. The molecule has 0 bridgehead atoms. The van der Waals surface area contributed by atoms with Gasteiger partial charge in [-0.1, -0.05) is 18.2 Å². The van der Waals surface area contributed by atoms with Gasteiger partial charge >= 0.3 is 0 Å². The van der Waals surface area contributed by atoms with Crippen molar-refractivity contribution in [3.05, 3.63) is 77.6 Å². The first-order valence-corrected chi connectivity index (χ1v) is 7.20. The van der Waals surface area contributed by atoms with E-state index < -0.39 is 5.95 Å². The van der Waals surface area contributed by atoms with Crippen LogP contribution in [-0.2, 0) is 6.54 Å². The van der Waals surface area contributed by atoms with E-state index in [0.29, 0.717) is 23.6 Å². The topological polar surface area (TPSA) is 37.8 Å². The van der Waals surface area contributed by atoms with E-state index >= 15 is 0 Å². The number of benzene rings is 1. The zero-order valence-corrected chi connectivity index (χ0v) is 12.6. The van der Waals surface area contributed by atoms with Gasteiger partial charge in [-0.25, -0.2) is 14.4 Å². The van der Waals surface area contributed by atoms with E-state index in [-0.39, 0.29) is 5.82 Å². The fourth-order valence-electron chi connectivity index (χ4n) is 2.30. The largest absolute Gasteiger partial charge is 0.366 e. The summed E-state index contributed by atoms with van der Waals surface area (Å²) in [5.41, 5.74) is 3.03.